The largest absolute Gasteiger partial charge is 0.494 e. The lowest BCUT2D eigenvalue weighted by Gasteiger charge is -2.29. The van der Waals surface area contributed by atoms with E-state index >= 15 is 0 Å². The Morgan fingerprint density at radius 1 is 1.23 bits per heavy atom. The normalized spacial score (nSPS) is 24.5. The standard InChI is InChI=1S/C19H25NO2/c1-2-22-17-12-10-15(11-13-17)18-9-6-14-20(18)19(21)16-7-4-3-5-8-16/h3-4,10-13,16,18H,2,5-9,14H2,1H3/t16-,18+/m0/s1. The SMILES string of the molecule is CCOc1ccc([C@H]2CCCN2C(=O)[C@H]2CC=CCC2)cc1. The molecule has 1 aromatic carbocycles. The van der Waals surface area contributed by atoms with Crippen molar-refractivity contribution >= 4 is 5.91 Å². The molecule has 0 spiro atoms. The molecule has 2 atom stereocenters. The number of amides is 1. The van der Waals surface area contributed by atoms with Crippen LogP contribution in [0.5, 0.6) is 5.75 Å². The Bertz CT molecular complexity index is 535. The van der Waals surface area contributed by atoms with Crippen molar-refractivity contribution in [3.63, 3.8) is 0 Å². The Labute approximate surface area is 133 Å². The molecule has 0 bridgehead atoms. The molecule has 3 heteroatoms. The van der Waals surface area contributed by atoms with Crippen molar-refractivity contribution in [3.8, 4) is 5.75 Å². The van der Waals surface area contributed by atoms with Gasteiger partial charge >= 0.3 is 0 Å². The lowest BCUT2D eigenvalue weighted by atomic mass is 9.92. The van der Waals surface area contributed by atoms with Gasteiger partial charge in [0, 0.05) is 12.5 Å². The van der Waals surface area contributed by atoms with E-state index in [9.17, 15) is 4.79 Å². The topological polar surface area (TPSA) is 29.5 Å². The molecular formula is C19H25NO2. The van der Waals surface area contributed by atoms with Gasteiger partial charge in [-0.1, -0.05) is 24.3 Å². The third-order valence-electron chi connectivity index (χ3n) is 4.73. The van der Waals surface area contributed by atoms with Crippen LogP contribution in [-0.2, 0) is 4.79 Å². The number of hydrogen-bond donors (Lipinski definition) is 0. The van der Waals surface area contributed by atoms with Gasteiger partial charge in [-0.3, -0.25) is 4.79 Å². The minimum Gasteiger partial charge on any atom is -0.494 e. The van der Waals surface area contributed by atoms with Crippen LogP contribution in [0.2, 0.25) is 0 Å². The Hall–Kier alpha value is -1.77. The van der Waals surface area contributed by atoms with E-state index in [-0.39, 0.29) is 12.0 Å². The van der Waals surface area contributed by atoms with Gasteiger partial charge in [0.25, 0.3) is 0 Å². The highest BCUT2D eigenvalue weighted by atomic mass is 16.5. The monoisotopic (exact) mass is 299 g/mol. The lowest BCUT2D eigenvalue weighted by molar-refractivity contribution is -0.136. The van der Waals surface area contributed by atoms with Crippen LogP contribution in [-0.4, -0.2) is 24.0 Å². The first-order valence-electron chi connectivity index (χ1n) is 8.48. The number of nitrogens with zero attached hydrogens (tertiary/aromatic N) is 1. The fourth-order valence-electron chi connectivity index (χ4n) is 3.58. The van der Waals surface area contributed by atoms with Crippen LogP contribution in [0.3, 0.4) is 0 Å². The van der Waals surface area contributed by atoms with E-state index in [1.165, 1.54) is 5.56 Å². The van der Waals surface area contributed by atoms with Crippen molar-refractivity contribution in [2.45, 2.75) is 45.1 Å². The number of benzene rings is 1. The van der Waals surface area contributed by atoms with E-state index in [1.807, 2.05) is 19.1 Å². The molecule has 0 unspecified atom stereocenters. The second-order valence-corrected chi connectivity index (χ2v) is 6.17. The van der Waals surface area contributed by atoms with E-state index < -0.39 is 0 Å². The molecule has 0 saturated carbocycles. The fraction of sp³-hybridized carbons (Fsp3) is 0.526. The summed E-state index contributed by atoms with van der Waals surface area (Å²) in [6, 6.07) is 8.50. The van der Waals surface area contributed by atoms with E-state index in [1.54, 1.807) is 0 Å². The van der Waals surface area contributed by atoms with Crippen LogP contribution in [0, 0.1) is 5.92 Å². The predicted molar refractivity (Wildman–Crippen MR) is 87.8 cm³/mol. The maximum absolute atomic E-state index is 12.8. The number of allylic oxidation sites excluding steroid dienone is 2. The smallest absolute Gasteiger partial charge is 0.226 e. The molecule has 1 heterocycles. The molecule has 3 rings (SSSR count). The average Bonchev–Trinajstić information content (AvgIpc) is 3.05. The van der Waals surface area contributed by atoms with Gasteiger partial charge in [-0.15, -0.1) is 0 Å². The van der Waals surface area contributed by atoms with E-state index in [0.717, 1.165) is 44.4 Å². The molecule has 3 nitrogen and oxygen atoms in total. The summed E-state index contributed by atoms with van der Waals surface area (Å²) in [6.07, 6.45) is 9.48. The molecule has 1 aliphatic heterocycles. The molecule has 1 aromatic rings. The van der Waals surface area contributed by atoms with Crippen LogP contribution >= 0.6 is 0 Å². The molecule has 22 heavy (non-hydrogen) atoms. The average molecular weight is 299 g/mol. The summed E-state index contributed by atoms with van der Waals surface area (Å²) in [5, 5.41) is 0. The van der Waals surface area contributed by atoms with E-state index in [4.69, 9.17) is 4.74 Å². The van der Waals surface area contributed by atoms with Crippen molar-refractivity contribution in [2.75, 3.05) is 13.2 Å². The number of rotatable bonds is 4. The lowest BCUT2D eigenvalue weighted by Crippen LogP contribution is -2.36. The van der Waals surface area contributed by atoms with E-state index in [0.29, 0.717) is 12.5 Å². The maximum atomic E-state index is 12.8. The molecule has 2 aliphatic rings. The van der Waals surface area contributed by atoms with Crippen molar-refractivity contribution < 1.29 is 9.53 Å². The fourth-order valence-corrected chi connectivity index (χ4v) is 3.58. The summed E-state index contributed by atoms with van der Waals surface area (Å²) < 4.78 is 5.50. The van der Waals surface area contributed by atoms with Crippen LogP contribution in [0.25, 0.3) is 0 Å². The third kappa shape index (κ3) is 3.18. The number of hydrogen-bond acceptors (Lipinski definition) is 2. The molecule has 1 aliphatic carbocycles. The zero-order chi connectivity index (χ0) is 15.4. The quantitative estimate of drug-likeness (QED) is 0.783. The van der Waals surface area contributed by atoms with Crippen molar-refractivity contribution in [3.05, 3.63) is 42.0 Å². The number of likely N-dealkylation sites (tertiary alicyclic amines) is 1. The Balaban J connectivity index is 1.72. The highest BCUT2D eigenvalue weighted by Crippen LogP contribution is 2.35. The number of carbonyl (C=O) groups is 1. The molecule has 1 saturated heterocycles. The van der Waals surface area contributed by atoms with Gasteiger partial charge in [0.05, 0.1) is 12.6 Å². The van der Waals surface area contributed by atoms with Gasteiger partial charge in [-0.2, -0.15) is 0 Å². The Morgan fingerprint density at radius 2 is 2.05 bits per heavy atom. The van der Waals surface area contributed by atoms with Crippen LogP contribution in [0.4, 0.5) is 0 Å². The summed E-state index contributed by atoms with van der Waals surface area (Å²) in [7, 11) is 0. The second kappa shape index (κ2) is 6.99. The Morgan fingerprint density at radius 3 is 2.73 bits per heavy atom. The molecule has 1 amide bonds. The number of carbonyl (C=O) groups excluding carboxylic acids is 1. The van der Waals surface area contributed by atoms with Gasteiger partial charge in [-0.05, 0) is 56.7 Å². The summed E-state index contributed by atoms with van der Waals surface area (Å²) in [6.45, 7) is 3.57. The zero-order valence-corrected chi connectivity index (χ0v) is 13.3. The van der Waals surface area contributed by atoms with Gasteiger partial charge in [0.15, 0.2) is 0 Å². The molecule has 0 radical (unpaired) electrons. The molecule has 0 aromatic heterocycles. The first-order valence-corrected chi connectivity index (χ1v) is 8.48. The van der Waals surface area contributed by atoms with Gasteiger partial charge in [0.1, 0.15) is 5.75 Å². The molecule has 1 fully saturated rings. The minimum atomic E-state index is 0.188. The van der Waals surface area contributed by atoms with Gasteiger partial charge < -0.3 is 9.64 Å². The van der Waals surface area contributed by atoms with Gasteiger partial charge in [0.2, 0.25) is 5.91 Å². The zero-order valence-electron chi connectivity index (χ0n) is 13.3. The number of ether oxygens (including phenoxy) is 1. The van der Waals surface area contributed by atoms with Crippen molar-refractivity contribution in [2.24, 2.45) is 5.92 Å². The predicted octanol–water partition coefficient (Wildman–Crippen LogP) is 4.11. The summed E-state index contributed by atoms with van der Waals surface area (Å²) in [4.78, 5) is 14.9. The molecule has 0 N–H and O–H groups in total. The van der Waals surface area contributed by atoms with Crippen LogP contribution in [0.1, 0.15) is 50.6 Å². The van der Waals surface area contributed by atoms with Crippen LogP contribution < -0.4 is 4.74 Å². The van der Waals surface area contributed by atoms with Gasteiger partial charge in [-0.25, -0.2) is 0 Å². The molecular weight excluding hydrogens is 274 g/mol. The Kier molecular flexibility index (Phi) is 4.81. The highest BCUT2D eigenvalue weighted by molar-refractivity contribution is 5.80. The highest BCUT2D eigenvalue weighted by Gasteiger charge is 2.33. The first-order chi connectivity index (χ1) is 10.8. The summed E-state index contributed by atoms with van der Waals surface area (Å²) >= 11 is 0. The van der Waals surface area contributed by atoms with E-state index in [2.05, 4.69) is 29.2 Å². The summed E-state index contributed by atoms with van der Waals surface area (Å²) in [5.41, 5.74) is 1.24. The summed E-state index contributed by atoms with van der Waals surface area (Å²) in [5.74, 6) is 1.44. The van der Waals surface area contributed by atoms with Crippen molar-refractivity contribution in [1.82, 2.24) is 4.90 Å². The third-order valence-corrected chi connectivity index (χ3v) is 4.73. The second-order valence-electron chi connectivity index (χ2n) is 6.17. The minimum absolute atomic E-state index is 0.188. The van der Waals surface area contributed by atoms with Crippen LogP contribution in [0.15, 0.2) is 36.4 Å². The maximum Gasteiger partial charge on any atom is 0.226 e. The molecule has 118 valence electrons. The van der Waals surface area contributed by atoms with Crippen molar-refractivity contribution in [1.29, 1.82) is 0 Å². The first kappa shape index (κ1) is 15.1.